The Hall–Kier alpha value is -3.47. The van der Waals surface area contributed by atoms with Gasteiger partial charge in [-0.1, -0.05) is 36.4 Å². The monoisotopic (exact) mass is 422 g/mol. The molecule has 2 aliphatic carbocycles. The van der Waals surface area contributed by atoms with Crippen molar-refractivity contribution in [2.24, 2.45) is 0 Å². The van der Waals surface area contributed by atoms with Crippen LogP contribution < -0.4 is 0 Å². The van der Waals surface area contributed by atoms with Crippen LogP contribution in [0.3, 0.4) is 0 Å². The summed E-state index contributed by atoms with van der Waals surface area (Å²) in [6.45, 7) is 0. The fraction of sp³-hybridized carbons (Fsp3) is 0.296. The van der Waals surface area contributed by atoms with Gasteiger partial charge in [0.2, 0.25) is 0 Å². The molecule has 2 atom stereocenters. The molecule has 2 heterocycles. The zero-order valence-electron chi connectivity index (χ0n) is 18.0. The first-order valence-electron chi connectivity index (χ1n) is 11.5. The number of hydrogen-bond acceptors (Lipinski definition) is 3. The molecule has 6 rings (SSSR count). The maximum Gasteiger partial charge on any atom is 0.187 e. The molecule has 0 saturated carbocycles. The molecule has 2 unspecified atom stereocenters. The average molecular weight is 423 g/mol. The highest BCUT2D eigenvalue weighted by Gasteiger charge is 2.35. The quantitative estimate of drug-likeness (QED) is 0.460. The molecule has 5 heteroatoms. The third-order valence-corrected chi connectivity index (χ3v) is 7.14. The summed E-state index contributed by atoms with van der Waals surface area (Å²) in [6, 6.07) is 12.0. The summed E-state index contributed by atoms with van der Waals surface area (Å²) in [5.41, 5.74) is 7.64. The van der Waals surface area contributed by atoms with Gasteiger partial charge in [-0.2, -0.15) is 0 Å². The topological polar surface area (TPSA) is 52.7 Å². The summed E-state index contributed by atoms with van der Waals surface area (Å²) in [7, 11) is 0. The molecule has 5 nitrogen and oxygen atoms in total. The average Bonchev–Trinajstić information content (AvgIpc) is 3.62. The normalized spacial score (nSPS) is 16.5. The van der Waals surface area contributed by atoms with Gasteiger partial charge in [-0.3, -0.25) is 4.79 Å². The Morgan fingerprint density at radius 2 is 1.22 bits per heavy atom. The summed E-state index contributed by atoms with van der Waals surface area (Å²) < 4.78 is 3.95. The summed E-state index contributed by atoms with van der Waals surface area (Å²) in [6.07, 6.45) is 17.4. The van der Waals surface area contributed by atoms with E-state index in [0.29, 0.717) is 0 Å². The maximum atomic E-state index is 14.5. The van der Waals surface area contributed by atoms with Crippen LogP contribution in [0.4, 0.5) is 0 Å². The van der Waals surface area contributed by atoms with Crippen LogP contribution in [0.1, 0.15) is 58.3 Å². The van der Waals surface area contributed by atoms with E-state index in [1.165, 1.54) is 22.3 Å². The number of aryl methyl sites for hydroxylation is 2. The zero-order valence-corrected chi connectivity index (χ0v) is 18.0. The summed E-state index contributed by atoms with van der Waals surface area (Å²) >= 11 is 0. The number of fused-ring (bicyclic) bond motifs is 2. The van der Waals surface area contributed by atoms with Crippen LogP contribution in [0.15, 0.2) is 73.8 Å². The molecule has 32 heavy (non-hydrogen) atoms. The first kappa shape index (κ1) is 19.2. The van der Waals surface area contributed by atoms with Crippen molar-refractivity contribution >= 4 is 5.78 Å². The van der Waals surface area contributed by atoms with Crippen LogP contribution in [-0.4, -0.2) is 24.9 Å². The van der Waals surface area contributed by atoms with Crippen molar-refractivity contribution in [3.05, 3.63) is 107 Å². The van der Waals surface area contributed by atoms with Crippen LogP contribution in [0.25, 0.3) is 0 Å². The van der Waals surface area contributed by atoms with Crippen LogP contribution in [0.2, 0.25) is 0 Å². The maximum absolute atomic E-state index is 14.5. The predicted octanol–water partition coefficient (Wildman–Crippen LogP) is 4.51. The molecule has 2 aliphatic rings. The number of Topliss-reactive ketones (excluding diaryl/α,β-unsaturated/α-hetero) is 1. The van der Waals surface area contributed by atoms with Crippen molar-refractivity contribution in [2.75, 3.05) is 0 Å². The first-order valence-corrected chi connectivity index (χ1v) is 11.5. The van der Waals surface area contributed by atoms with E-state index in [4.69, 9.17) is 0 Å². The Kier molecular flexibility index (Phi) is 4.75. The Morgan fingerprint density at radius 3 is 1.66 bits per heavy atom. The largest absolute Gasteiger partial charge is 0.323 e. The van der Waals surface area contributed by atoms with E-state index in [1.807, 2.05) is 21.5 Å². The molecule has 4 aromatic rings. The number of aromatic nitrogens is 4. The molecule has 0 N–H and O–H groups in total. The van der Waals surface area contributed by atoms with E-state index < -0.39 is 12.1 Å². The van der Waals surface area contributed by atoms with E-state index in [-0.39, 0.29) is 5.78 Å². The Morgan fingerprint density at radius 1 is 0.719 bits per heavy atom. The third-order valence-electron chi connectivity index (χ3n) is 7.14. The molecule has 160 valence electrons. The van der Waals surface area contributed by atoms with Gasteiger partial charge in [0.1, 0.15) is 12.1 Å². The molecular formula is C27H26N4O. The van der Waals surface area contributed by atoms with Crippen molar-refractivity contribution in [1.82, 2.24) is 19.1 Å². The van der Waals surface area contributed by atoms with E-state index >= 15 is 0 Å². The van der Waals surface area contributed by atoms with Crippen molar-refractivity contribution in [2.45, 2.75) is 50.6 Å². The molecule has 2 aromatic heterocycles. The molecule has 0 saturated heterocycles. The van der Waals surface area contributed by atoms with Crippen molar-refractivity contribution in [3.8, 4) is 0 Å². The van der Waals surface area contributed by atoms with Gasteiger partial charge in [-0.05, 0) is 71.9 Å². The van der Waals surface area contributed by atoms with E-state index in [1.54, 1.807) is 25.0 Å². The third kappa shape index (κ3) is 3.11. The molecule has 0 aliphatic heterocycles. The van der Waals surface area contributed by atoms with Crippen molar-refractivity contribution in [1.29, 1.82) is 0 Å². The second-order valence-electron chi connectivity index (χ2n) is 8.90. The van der Waals surface area contributed by atoms with Gasteiger partial charge in [0.25, 0.3) is 0 Å². The predicted molar refractivity (Wildman–Crippen MR) is 123 cm³/mol. The van der Waals surface area contributed by atoms with Crippen LogP contribution >= 0.6 is 0 Å². The fourth-order valence-electron chi connectivity index (χ4n) is 5.73. The minimum atomic E-state index is -0.421. The first-order chi connectivity index (χ1) is 15.8. The van der Waals surface area contributed by atoms with Gasteiger partial charge in [-0.15, -0.1) is 0 Å². The van der Waals surface area contributed by atoms with Gasteiger partial charge in [0, 0.05) is 24.8 Å². The van der Waals surface area contributed by atoms with Gasteiger partial charge in [-0.25, -0.2) is 9.97 Å². The Bertz CT molecular complexity index is 1160. The number of carbonyl (C=O) groups is 1. The van der Waals surface area contributed by atoms with E-state index in [9.17, 15) is 4.79 Å². The van der Waals surface area contributed by atoms with Crippen LogP contribution in [-0.2, 0) is 30.5 Å². The molecular weight excluding hydrogens is 396 g/mol. The number of rotatable bonds is 6. The lowest BCUT2D eigenvalue weighted by atomic mass is 9.87. The molecule has 2 aromatic carbocycles. The highest BCUT2D eigenvalue weighted by atomic mass is 16.1. The molecule has 0 amide bonds. The SMILES string of the molecule is O=C(C(c1cccc2c1CCC2)n1ccnc1)C(c1cccc2c1CCC2)n1ccnc1. The minimum absolute atomic E-state index is 0.154. The summed E-state index contributed by atoms with van der Waals surface area (Å²) in [4.78, 5) is 23.1. The number of nitrogens with zero attached hydrogens (tertiary/aromatic N) is 4. The second-order valence-corrected chi connectivity index (χ2v) is 8.90. The minimum Gasteiger partial charge on any atom is -0.323 e. The Labute approximate surface area is 187 Å². The van der Waals surface area contributed by atoms with Crippen LogP contribution in [0, 0.1) is 0 Å². The number of benzene rings is 2. The second kappa shape index (κ2) is 7.90. The van der Waals surface area contributed by atoms with Gasteiger partial charge >= 0.3 is 0 Å². The van der Waals surface area contributed by atoms with Crippen molar-refractivity contribution < 1.29 is 4.79 Å². The number of hydrogen-bond donors (Lipinski definition) is 0. The number of carbonyl (C=O) groups excluding carboxylic acids is 1. The summed E-state index contributed by atoms with van der Waals surface area (Å²) in [5.74, 6) is 0.154. The molecule has 0 fully saturated rings. The zero-order chi connectivity index (χ0) is 21.5. The van der Waals surface area contributed by atoms with E-state index in [2.05, 4.69) is 46.4 Å². The van der Waals surface area contributed by atoms with Crippen molar-refractivity contribution in [3.63, 3.8) is 0 Å². The van der Waals surface area contributed by atoms with Crippen LogP contribution in [0.5, 0.6) is 0 Å². The van der Waals surface area contributed by atoms with Gasteiger partial charge < -0.3 is 9.13 Å². The standard InChI is InChI=1S/C27H26N4O/c32-27(25(30-15-13-28-17-30)23-11-3-7-19-5-1-9-21(19)23)26(31-16-14-29-18-31)24-12-4-8-20-6-2-10-22(20)24/h3-4,7-8,11-18,25-26H,1-2,5-6,9-10H2. The smallest absolute Gasteiger partial charge is 0.187 e. The lowest BCUT2D eigenvalue weighted by Crippen LogP contribution is -2.31. The lowest BCUT2D eigenvalue weighted by Gasteiger charge is -2.28. The number of ketones is 1. The molecule has 0 radical (unpaired) electrons. The fourth-order valence-corrected chi connectivity index (χ4v) is 5.73. The van der Waals surface area contributed by atoms with E-state index in [0.717, 1.165) is 49.7 Å². The Balaban J connectivity index is 1.53. The molecule has 0 spiro atoms. The number of imidazole rings is 2. The highest BCUT2D eigenvalue weighted by molar-refractivity contribution is 5.92. The summed E-state index contributed by atoms with van der Waals surface area (Å²) in [5, 5.41) is 0. The molecule has 0 bridgehead atoms. The van der Waals surface area contributed by atoms with Gasteiger partial charge in [0.05, 0.1) is 12.7 Å². The lowest BCUT2D eigenvalue weighted by molar-refractivity contribution is -0.123. The van der Waals surface area contributed by atoms with Gasteiger partial charge in [0.15, 0.2) is 5.78 Å². The highest BCUT2D eigenvalue weighted by Crippen LogP contribution is 2.37.